The number of aromatic nitrogens is 1. The molecule has 0 spiro atoms. The van der Waals surface area contributed by atoms with Gasteiger partial charge in [0.25, 0.3) is 0 Å². The van der Waals surface area contributed by atoms with Crippen LogP contribution >= 0.6 is 0 Å². The molecule has 0 atom stereocenters. The van der Waals surface area contributed by atoms with Crippen LogP contribution in [0.5, 0.6) is 0 Å². The van der Waals surface area contributed by atoms with Crippen LogP contribution in [-0.2, 0) is 6.54 Å². The Hall–Kier alpha value is -1.78. The van der Waals surface area contributed by atoms with Gasteiger partial charge in [0.15, 0.2) is 5.96 Å². The number of rotatable bonds is 4. The van der Waals surface area contributed by atoms with E-state index in [9.17, 15) is 0 Å². The first-order chi connectivity index (χ1) is 11.7. The first kappa shape index (κ1) is 17.1. The molecule has 0 aromatic carbocycles. The van der Waals surface area contributed by atoms with Crippen molar-refractivity contribution >= 4 is 11.8 Å². The van der Waals surface area contributed by atoms with Gasteiger partial charge in [0.1, 0.15) is 5.82 Å². The van der Waals surface area contributed by atoms with Crippen LogP contribution in [0.25, 0.3) is 0 Å². The van der Waals surface area contributed by atoms with Crippen LogP contribution in [-0.4, -0.2) is 37.1 Å². The minimum Gasteiger partial charge on any atom is -0.357 e. The fourth-order valence-corrected chi connectivity index (χ4v) is 3.63. The summed E-state index contributed by atoms with van der Waals surface area (Å²) in [6.45, 7) is 5.39. The minimum atomic E-state index is 0.558. The molecule has 0 radical (unpaired) electrons. The molecule has 1 saturated heterocycles. The summed E-state index contributed by atoms with van der Waals surface area (Å²) in [5.74, 6) is 2.88. The molecule has 3 rings (SSSR count). The standard InChI is InChI=1S/C19H31N5/c1-15-5-8-17(9-6-15)23-19(20-2)22-14-16-7-10-18(21-13-16)24-11-3-4-12-24/h7,10,13,15,17H,3-6,8-9,11-12,14H2,1-2H3,(H2,20,22,23). The summed E-state index contributed by atoms with van der Waals surface area (Å²) in [5.41, 5.74) is 1.19. The van der Waals surface area contributed by atoms with Gasteiger partial charge in [-0.1, -0.05) is 13.0 Å². The topological polar surface area (TPSA) is 52.6 Å². The Morgan fingerprint density at radius 1 is 1.21 bits per heavy atom. The Bertz CT molecular complexity index is 525. The fraction of sp³-hybridized carbons (Fsp3) is 0.684. The molecule has 1 aromatic rings. The Labute approximate surface area is 146 Å². The van der Waals surface area contributed by atoms with Gasteiger partial charge in [0, 0.05) is 38.9 Å². The third kappa shape index (κ3) is 4.62. The number of nitrogens with zero attached hydrogens (tertiary/aromatic N) is 3. The molecule has 1 aromatic heterocycles. The van der Waals surface area contributed by atoms with Gasteiger partial charge in [-0.2, -0.15) is 0 Å². The first-order valence-corrected chi connectivity index (χ1v) is 9.41. The molecule has 2 aliphatic rings. The zero-order chi connectivity index (χ0) is 16.8. The van der Waals surface area contributed by atoms with E-state index in [1.54, 1.807) is 0 Å². The molecule has 2 N–H and O–H groups in total. The quantitative estimate of drug-likeness (QED) is 0.659. The summed E-state index contributed by atoms with van der Waals surface area (Å²) < 4.78 is 0. The van der Waals surface area contributed by atoms with Crippen LogP contribution in [0.15, 0.2) is 23.3 Å². The van der Waals surface area contributed by atoms with Gasteiger partial charge < -0.3 is 15.5 Å². The summed E-state index contributed by atoms with van der Waals surface area (Å²) in [5, 5.41) is 6.98. The van der Waals surface area contributed by atoms with Crippen LogP contribution in [0.2, 0.25) is 0 Å². The van der Waals surface area contributed by atoms with E-state index in [1.807, 2.05) is 13.2 Å². The van der Waals surface area contributed by atoms with Crippen molar-refractivity contribution in [3.8, 4) is 0 Å². The number of nitrogens with one attached hydrogen (secondary N) is 2. The molecule has 132 valence electrons. The number of guanidine groups is 1. The molecule has 1 saturated carbocycles. The highest BCUT2D eigenvalue weighted by molar-refractivity contribution is 5.79. The highest BCUT2D eigenvalue weighted by Gasteiger charge is 2.19. The van der Waals surface area contributed by atoms with E-state index in [1.165, 1.54) is 44.1 Å². The van der Waals surface area contributed by atoms with Crippen molar-refractivity contribution in [3.05, 3.63) is 23.9 Å². The third-order valence-corrected chi connectivity index (χ3v) is 5.28. The first-order valence-electron chi connectivity index (χ1n) is 9.41. The van der Waals surface area contributed by atoms with Crippen LogP contribution < -0.4 is 15.5 Å². The average molecular weight is 329 g/mol. The zero-order valence-electron chi connectivity index (χ0n) is 15.1. The Balaban J connectivity index is 1.46. The van der Waals surface area contributed by atoms with Crippen molar-refractivity contribution in [1.29, 1.82) is 0 Å². The van der Waals surface area contributed by atoms with Gasteiger partial charge in [-0.05, 0) is 56.1 Å². The minimum absolute atomic E-state index is 0.558. The van der Waals surface area contributed by atoms with E-state index < -0.39 is 0 Å². The normalized spacial score (nSPS) is 24.9. The predicted octanol–water partition coefficient (Wildman–Crippen LogP) is 2.93. The Morgan fingerprint density at radius 3 is 2.58 bits per heavy atom. The number of hydrogen-bond acceptors (Lipinski definition) is 3. The van der Waals surface area contributed by atoms with E-state index >= 15 is 0 Å². The smallest absolute Gasteiger partial charge is 0.191 e. The molecule has 0 unspecified atom stereocenters. The molecule has 5 heteroatoms. The second kappa shape index (κ2) is 8.36. The van der Waals surface area contributed by atoms with Crippen LogP contribution in [0.1, 0.15) is 51.0 Å². The van der Waals surface area contributed by atoms with Gasteiger partial charge in [-0.25, -0.2) is 4.98 Å². The number of pyridine rings is 1. The lowest BCUT2D eigenvalue weighted by Crippen LogP contribution is -2.44. The molecule has 24 heavy (non-hydrogen) atoms. The maximum absolute atomic E-state index is 4.61. The predicted molar refractivity (Wildman–Crippen MR) is 100 cm³/mol. The van der Waals surface area contributed by atoms with Crippen LogP contribution in [0, 0.1) is 5.92 Å². The van der Waals surface area contributed by atoms with Gasteiger partial charge in [0.2, 0.25) is 0 Å². The van der Waals surface area contributed by atoms with Crippen molar-refractivity contribution in [1.82, 2.24) is 15.6 Å². The molecule has 2 heterocycles. The monoisotopic (exact) mass is 329 g/mol. The van der Waals surface area contributed by atoms with E-state index in [2.05, 4.69) is 44.6 Å². The lowest BCUT2D eigenvalue weighted by molar-refractivity contribution is 0.329. The van der Waals surface area contributed by atoms with Gasteiger partial charge in [-0.3, -0.25) is 4.99 Å². The molecule has 2 fully saturated rings. The number of hydrogen-bond donors (Lipinski definition) is 2. The summed E-state index contributed by atoms with van der Waals surface area (Å²) >= 11 is 0. The molecule has 1 aliphatic heterocycles. The summed E-state index contributed by atoms with van der Waals surface area (Å²) in [6, 6.07) is 4.87. The maximum atomic E-state index is 4.61. The molecular formula is C19H31N5. The fourth-order valence-electron chi connectivity index (χ4n) is 3.63. The van der Waals surface area contributed by atoms with Gasteiger partial charge in [0.05, 0.1) is 0 Å². The lowest BCUT2D eigenvalue weighted by Gasteiger charge is -2.28. The SMILES string of the molecule is CN=C(NCc1ccc(N2CCCC2)nc1)NC1CCC(C)CC1. The lowest BCUT2D eigenvalue weighted by atomic mass is 9.87. The average Bonchev–Trinajstić information content (AvgIpc) is 3.15. The van der Waals surface area contributed by atoms with Gasteiger partial charge >= 0.3 is 0 Å². The van der Waals surface area contributed by atoms with Crippen molar-refractivity contribution in [2.24, 2.45) is 10.9 Å². The molecule has 1 aliphatic carbocycles. The van der Waals surface area contributed by atoms with Crippen molar-refractivity contribution < 1.29 is 0 Å². The second-order valence-corrected chi connectivity index (χ2v) is 7.25. The zero-order valence-corrected chi connectivity index (χ0v) is 15.1. The summed E-state index contributed by atoms with van der Waals surface area (Å²) in [6.07, 6.45) is 9.67. The highest BCUT2D eigenvalue weighted by Crippen LogP contribution is 2.23. The van der Waals surface area contributed by atoms with E-state index in [0.29, 0.717) is 6.04 Å². The highest BCUT2D eigenvalue weighted by atomic mass is 15.2. The summed E-state index contributed by atoms with van der Waals surface area (Å²) in [4.78, 5) is 11.3. The van der Waals surface area contributed by atoms with Crippen molar-refractivity contribution in [2.45, 2.75) is 58.0 Å². The molecule has 5 nitrogen and oxygen atoms in total. The van der Waals surface area contributed by atoms with Gasteiger partial charge in [-0.15, -0.1) is 0 Å². The Kier molecular flexibility index (Phi) is 5.94. The van der Waals surface area contributed by atoms with Crippen molar-refractivity contribution in [3.63, 3.8) is 0 Å². The number of anilines is 1. The molecular weight excluding hydrogens is 298 g/mol. The van der Waals surface area contributed by atoms with E-state index in [4.69, 9.17) is 0 Å². The van der Waals surface area contributed by atoms with Crippen LogP contribution in [0.4, 0.5) is 5.82 Å². The summed E-state index contributed by atoms with van der Waals surface area (Å²) in [7, 11) is 1.84. The second-order valence-electron chi connectivity index (χ2n) is 7.25. The number of aliphatic imine (C=N–C) groups is 1. The maximum Gasteiger partial charge on any atom is 0.191 e. The van der Waals surface area contributed by atoms with Crippen LogP contribution in [0.3, 0.4) is 0 Å². The largest absolute Gasteiger partial charge is 0.357 e. The third-order valence-electron chi connectivity index (χ3n) is 5.28. The van der Waals surface area contributed by atoms with E-state index in [-0.39, 0.29) is 0 Å². The van der Waals surface area contributed by atoms with E-state index in [0.717, 1.165) is 37.3 Å². The molecule has 0 amide bonds. The molecule has 0 bridgehead atoms. The van der Waals surface area contributed by atoms with Crippen molar-refractivity contribution in [2.75, 3.05) is 25.0 Å². The Morgan fingerprint density at radius 2 is 1.96 bits per heavy atom.